The number of aromatic hydroxyl groups is 1. The number of phenols is 1. The second kappa shape index (κ2) is 11.8. The largest absolute Gasteiger partial charge is 0.508 e. The fourth-order valence-corrected chi connectivity index (χ4v) is 6.87. The van der Waals surface area contributed by atoms with E-state index in [9.17, 15) is 28.2 Å². The molecular formula is C32H36N2O7S. The van der Waals surface area contributed by atoms with Crippen LogP contribution in [0, 0.1) is 11.8 Å². The molecule has 1 aliphatic carbocycles. The Kier molecular flexibility index (Phi) is 8.30. The Hall–Kier alpha value is -3.89. The summed E-state index contributed by atoms with van der Waals surface area (Å²) < 4.78 is 34.9. The molecule has 1 saturated carbocycles. The Balaban J connectivity index is 1.51. The van der Waals surface area contributed by atoms with Crippen molar-refractivity contribution in [1.29, 1.82) is 0 Å². The molecule has 5 rings (SSSR count). The lowest BCUT2D eigenvalue weighted by Gasteiger charge is -2.34. The number of nitrogens with zero attached hydrogens (tertiary/aromatic N) is 1. The normalized spacial score (nSPS) is 17.6. The van der Waals surface area contributed by atoms with Crippen molar-refractivity contribution in [2.45, 2.75) is 63.8 Å². The molecule has 1 heterocycles. The molecule has 0 radical (unpaired) electrons. The van der Waals surface area contributed by atoms with E-state index in [0.717, 1.165) is 31.2 Å². The molecule has 3 N–H and O–H groups in total. The summed E-state index contributed by atoms with van der Waals surface area (Å²) in [5, 5.41) is 20.8. The van der Waals surface area contributed by atoms with Gasteiger partial charge < -0.3 is 19.5 Å². The first kappa shape index (κ1) is 29.6. The van der Waals surface area contributed by atoms with E-state index >= 15 is 0 Å². The first-order chi connectivity index (χ1) is 19.9. The van der Waals surface area contributed by atoms with Gasteiger partial charge in [0.15, 0.2) is 0 Å². The summed E-state index contributed by atoms with van der Waals surface area (Å²) in [6.45, 7) is 6.04. The second-order valence-corrected chi connectivity index (χ2v) is 13.3. The number of carboxylic acid groups (broad SMARTS) is 1. The van der Waals surface area contributed by atoms with Crippen LogP contribution in [0.4, 0.5) is 5.69 Å². The van der Waals surface area contributed by atoms with Crippen LogP contribution in [0.5, 0.6) is 5.75 Å². The molecule has 0 bridgehead atoms. The van der Waals surface area contributed by atoms with Crippen molar-refractivity contribution in [2.75, 3.05) is 11.4 Å². The number of hydrogen-bond acceptors (Lipinski definition) is 6. The Morgan fingerprint density at radius 1 is 1.00 bits per heavy atom. The highest BCUT2D eigenvalue weighted by atomic mass is 32.2. The molecule has 0 aliphatic heterocycles. The first-order valence-corrected chi connectivity index (χ1v) is 15.8. The summed E-state index contributed by atoms with van der Waals surface area (Å²) in [4.78, 5) is 27.8. The van der Waals surface area contributed by atoms with Gasteiger partial charge >= 0.3 is 5.97 Å². The van der Waals surface area contributed by atoms with Crippen LogP contribution in [0.1, 0.15) is 62.4 Å². The van der Waals surface area contributed by atoms with E-state index in [1.807, 2.05) is 13.8 Å². The molecule has 9 nitrogen and oxygen atoms in total. The van der Waals surface area contributed by atoms with Crippen LogP contribution in [-0.4, -0.2) is 43.1 Å². The van der Waals surface area contributed by atoms with Gasteiger partial charge in [-0.15, -0.1) is 0 Å². The van der Waals surface area contributed by atoms with Crippen LogP contribution in [0.25, 0.3) is 21.9 Å². The molecule has 4 aromatic rings. The average molecular weight is 593 g/mol. The van der Waals surface area contributed by atoms with Gasteiger partial charge in [0.25, 0.3) is 0 Å². The number of carbonyl (C=O) groups excluding carboxylic acids is 1. The number of nitrogens with one attached hydrogen (secondary N) is 1. The number of carbonyl (C=O) groups is 2. The van der Waals surface area contributed by atoms with Gasteiger partial charge in [-0.25, -0.2) is 17.9 Å². The third kappa shape index (κ3) is 6.00. The smallest absolute Gasteiger partial charge is 0.337 e. The summed E-state index contributed by atoms with van der Waals surface area (Å²) in [5.41, 5.74) is 1.71. The summed E-state index contributed by atoms with van der Waals surface area (Å²) in [6, 6.07) is 13.9. The van der Waals surface area contributed by atoms with Crippen LogP contribution < -0.4 is 9.62 Å². The van der Waals surface area contributed by atoms with Crippen molar-refractivity contribution >= 4 is 49.5 Å². The summed E-state index contributed by atoms with van der Waals surface area (Å²) in [6.07, 6.45) is 3.84. The molecule has 0 saturated heterocycles. The summed E-state index contributed by atoms with van der Waals surface area (Å²) in [5.74, 6) is -0.765. The molecular weight excluding hydrogens is 556 g/mol. The Morgan fingerprint density at radius 3 is 2.38 bits per heavy atom. The molecule has 222 valence electrons. The molecule has 3 aromatic carbocycles. The molecule has 42 heavy (non-hydrogen) atoms. The van der Waals surface area contributed by atoms with Crippen molar-refractivity contribution in [3.05, 3.63) is 65.7 Å². The predicted molar refractivity (Wildman–Crippen MR) is 161 cm³/mol. The third-order valence-electron chi connectivity index (χ3n) is 8.09. The van der Waals surface area contributed by atoms with Crippen LogP contribution in [0.3, 0.4) is 0 Å². The fourth-order valence-electron chi connectivity index (χ4n) is 5.81. The lowest BCUT2D eigenvalue weighted by atomic mass is 9.82. The number of fused-ring (bicyclic) bond motifs is 3. The number of benzene rings is 3. The number of furan rings is 1. The van der Waals surface area contributed by atoms with Gasteiger partial charge in [-0.05, 0) is 99.9 Å². The van der Waals surface area contributed by atoms with Gasteiger partial charge in [0.2, 0.25) is 15.9 Å². The number of anilines is 1. The van der Waals surface area contributed by atoms with E-state index in [0.29, 0.717) is 34.3 Å². The van der Waals surface area contributed by atoms with Crippen molar-refractivity contribution in [3.8, 4) is 5.75 Å². The van der Waals surface area contributed by atoms with E-state index < -0.39 is 16.0 Å². The number of amides is 1. The van der Waals surface area contributed by atoms with Gasteiger partial charge in [0, 0.05) is 29.3 Å². The van der Waals surface area contributed by atoms with Gasteiger partial charge in [0.05, 0.1) is 16.1 Å². The standard InChI is InChI=1S/C32H36N2O7S/c1-19(2)34(31(36)22-9-7-20(3)8-10-22)28-17-26-25-16-24(11-12-29(25)41-30(26)18-27(28)32(37)38)42(39,40)33-14-13-21-5-4-6-23(35)15-21/h4-6,11-12,15-20,22,33,35H,7-10,13-14H2,1-3H3,(H,37,38). The van der Waals surface area contributed by atoms with Gasteiger partial charge in [-0.2, -0.15) is 0 Å². The second-order valence-electron chi connectivity index (χ2n) is 11.5. The van der Waals surface area contributed by atoms with Crippen LogP contribution in [-0.2, 0) is 21.2 Å². The maximum Gasteiger partial charge on any atom is 0.337 e. The zero-order chi connectivity index (χ0) is 30.2. The molecule has 1 aromatic heterocycles. The molecule has 0 unspecified atom stereocenters. The number of rotatable bonds is 9. The number of hydrogen-bond donors (Lipinski definition) is 3. The van der Waals surface area contributed by atoms with Crippen molar-refractivity contribution in [2.24, 2.45) is 11.8 Å². The molecule has 1 aliphatic rings. The summed E-state index contributed by atoms with van der Waals surface area (Å²) in [7, 11) is -3.89. The molecule has 1 fully saturated rings. The van der Waals surface area contributed by atoms with Crippen molar-refractivity contribution in [1.82, 2.24) is 4.72 Å². The summed E-state index contributed by atoms with van der Waals surface area (Å²) >= 11 is 0. The lowest BCUT2D eigenvalue weighted by Crippen LogP contribution is -2.42. The minimum Gasteiger partial charge on any atom is -0.508 e. The SMILES string of the molecule is CC1CCC(C(=O)N(c2cc3c(cc2C(=O)O)oc2ccc(S(=O)(=O)NCCc4cccc(O)c4)cc23)C(C)C)CC1. The molecule has 10 heteroatoms. The maximum atomic E-state index is 13.8. The number of sulfonamides is 1. The van der Waals surface area contributed by atoms with Gasteiger partial charge in [-0.1, -0.05) is 19.1 Å². The Labute approximate surface area is 245 Å². The average Bonchev–Trinajstić information content (AvgIpc) is 3.29. The minimum atomic E-state index is -3.89. The Morgan fingerprint density at radius 2 is 1.71 bits per heavy atom. The maximum absolute atomic E-state index is 13.8. The number of carboxylic acids is 1. The molecule has 0 atom stereocenters. The fraction of sp³-hybridized carbons (Fsp3) is 0.375. The van der Waals surface area contributed by atoms with Gasteiger partial charge in [0.1, 0.15) is 16.9 Å². The lowest BCUT2D eigenvalue weighted by molar-refractivity contribution is -0.123. The van der Waals surface area contributed by atoms with Crippen molar-refractivity contribution in [3.63, 3.8) is 0 Å². The monoisotopic (exact) mass is 592 g/mol. The minimum absolute atomic E-state index is 0.0330. The number of aromatic carboxylic acids is 1. The van der Waals surface area contributed by atoms with E-state index in [1.54, 1.807) is 41.3 Å². The van der Waals surface area contributed by atoms with Crippen molar-refractivity contribution < 1.29 is 32.6 Å². The number of phenolic OH excluding ortho intramolecular Hbond substituents is 1. The Bertz CT molecular complexity index is 1750. The van der Waals surface area contributed by atoms with Crippen LogP contribution in [0.15, 0.2) is 63.9 Å². The molecule has 0 spiro atoms. The topological polar surface area (TPSA) is 137 Å². The van der Waals surface area contributed by atoms with E-state index in [-0.39, 0.29) is 46.3 Å². The van der Waals surface area contributed by atoms with E-state index in [4.69, 9.17) is 4.42 Å². The van der Waals surface area contributed by atoms with E-state index in [2.05, 4.69) is 11.6 Å². The highest BCUT2D eigenvalue weighted by Crippen LogP contribution is 2.38. The predicted octanol–water partition coefficient (Wildman–Crippen LogP) is 6.08. The van der Waals surface area contributed by atoms with Crippen LogP contribution >= 0.6 is 0 Å². The zero-order valence-electron chi connectivity index (χ0n) is 24.0. The third-order valence-corrected chi connectivity index (χ3v) is 9.55. The highest BCUT2D eigenvalue weighted by Gasteiger charge is 2.33. The highest BCUT2D eigenvalue weighted by molar-refractivity contribution is 7.89. The molecule has 1 amide bonds. The first-order valence-electron chi connectivity index (χ1n) is 14.3. The van der Waals surface area contributed by atoms with Gasteiger partial charge in [-0.3, -0.25) is 4.79 Å². The van der Waals surface area contributed by atoms with Crippen LogP contribution in [0.2, 0.25) is 0 Å². The zero-order valence-corrected chi connectivity index (χ0v) is 24.8. The quantitative estimate of drug-likeness (QED) is 0.214. The van der Waals surface area contributed by atoms with E-state index in [1.165, 1.54) is 18.2 Å².